The Kier molecular flexibility index (Phi) is 3.36. The van der Waals surface area contributed by atoms with Gasteiger partial charge in [-0.3, -0.25) is 4.79 Å². The lowest BCUT2D eigenvalue weighted by atomic mass is 9.59. The quantitative estimate of drug-likeness (QED) is 0.526. The number of allylic oxidation sites excluding steroid dienone is 1. The summed E-state index contributed by atoms with van der Waals surface area (Å²) in [5, 5.41) is 43.0. The average molecular weight is 348 g/mol. The number of fused-ring (bicyclic) bond motifs is 3. The number of carbonyl (C=O) groups excluding carboxylic acids is 1. The number of aliphatic hydroxyl groups is 4. The zero-order valence-electron chi connectivity index (χ0n) is 15.2. The molecule has 0 radical (unpaired) electrons. The summed E-state index contributed by atoms with van der Waals surface area (Å²) in [5.74, 6) is -0.288. The van der Waals surface area contributed by atoms with Crippen molar-refractivity contribution < 1.29 is 25.2 Å². The molecule has 2 unspecified atom stereocenters. The molecule has 8 atom stereocenters. The van der Waals surface area contributed by atoms with Crippen LogP contribution >= 0.6 is 0 Å². The van der Waals surface area contributed by atoms with E-state index in [-0.39, 0.29) is 28.6 Å². The summed E-state index contributed by atoms with van der Waals surface area (Å²) in [6, 6.07) is 0. The van der Waals surface area contributed by atoms with Crippen molar-refractivity contribution in [3.8, 4) is 0 Å². The number of hydrogen-bond acceptors (Lipinski definition) is 5. The first-order chi connectivity index (χ1) is 11.5. The predicted octanol–water partition coefficient (Wildman–Crippen LogP) is 0.815. The minimum atomic E-state index is -2.03. The molecule has 2 saturated carbocycles. The number of ketones is 1. The highest BCUT2D eigenvalue weighted by Crippen LogP contribution is 2.71. The van der Waals surface area contributed by atoms with Crippen molar-refractivity contribution in [1.82, 2.24) is 0 Å². The number of rotatable bonds is 1. The van der Waals surface area contributed by atoms with E-state index in [0.717, 1.165) is 6.42 Å². The molecule has 138 valence electrons. The van der Waals surface area contributed by atoms with Crippen LogP contribution in [0.25, 0.3) is 0 Å². The Bertz CT molecular complexity index is 707. The first-order valence-corrected chi connectivity index (χ1v) is 9.18. The zero-order chi connectivity index (χ0) is 18.5. The van der Waals surface area contributed by atoms with Gasteiger partial charge in [0.05, 0.1) is 12.0 Å². The van der Waals surface area contributed by atoms with Crippen LogP contribution in [0.15, 0.2) is 23.3 Å². The minimum Gasteiger partial charge on any atom is -0.392 e. The molecule has 0 saturated heterocycles. The van der Waals surface area contributed by atoms with Crippen LogP contribution in [0.3, 0.4) is 0 Å². The topological polar surface area (TPSA) is 98.0 Å². The zero-order valence-corrected chi connectivity index (χ0v) is 15.2. The van der Waals surface area contributed by atoms with Crippen molar-refractivity contribution in [2.75, 3.05) is 6.61 Å². The van der Waals surface area contributed by atoms with E-state index in [1.807, 2.05) is 6.92 Å². The number of aliphatic hydroxyl groups excluding tert-OH is 3. The Balaban J connectivity index is 1.99. The van der Waals surface area contributed by atoms with E-state index in [0.29, 0.717) is 11.5 Å². The van der Waals surface area contributed by atoms with Crippen LogP contribution in [0.1, 0.15) is 34.1 Å². The fourth-order valence-electron chi connectivity index (χ4n) is 6.43. The van der Waals surface area contributed by atoms with E-state index in [1.165, 1.54) is 0 Å². The van der Waals surface area contributed by atoms with Crippen molar-refractivity contribution in [1.29, 1.82) is 0 Å². The van der Waals surface area contributed by atoms with Crippen LogP contribution in [0.4, 0.5) is 0 Å². The third-order valence-corrected chi connectivity index (χ3v) is 7.93. The maximum absolute atomic E-state index is 13.7. The van der Waals surface area contributed by atoms with E-state index in [2.05, 4.69) is 13.8 Å². The highest BCUT2D eigenvalue weighted by molar-refractivity contribution is 5.95. The largest absolute Gasteiger partial charge is 0.392 e. The molecule has 2 fully saturated rings. The molecule has 0 aromatic heterocycles. The van der Waals surface area contributed by atoms with Crippen molar-refractivity contribution in [2.24, 2.45) is 34.5 Å². The van der Waals surface area contributed by atoms with Crippen LogP contribution in [-0.4, -0.2) is 50.6 Å². The average Bonchev–Trinajstić information content (AvgIpc) is 3.05. The van der Waals surface area contributed by atoms with E-state index in [9.17, 15) is 25.2 Å². The third-order valence-electron chi connectivity index (χ3n) is 7.93. The normalized spacial score (nSPS) is 53.2. The SMILES string of the molecule is CC1=C[C@]23C(=O)[C@@H](C=C(CO)[C@@H](O)C2(O)[C@H]1O)C1[C@@H](C[C@H]3C)C1(C)C. The minimum absolute atomic E-state index is 0.0245. The second-order valence-corrected chi connectivity index (χ2v) is 9.27. The standard InChI is InChI=1S/C20H28O5/c1-9-7-19-10(2)5-13-14(18(13,3)4)12(17(19)24)6-11(8-21)16(23)20(19,25)15(9)22/h6-7,10,12-16,21-23,25H,5,8H2,1-4H3/t10-,12+,13-,14?,15+,16-,19+,20?/m1/s1. The fourth-order valence-corrected chi connectivity index (χ4v) is 6.43. The summed E-state index contributed by atoms with van der Waals surface area (Å²) in [6.07, 6.45) is 1.34. The molecule has 4 aliphatic rings. The summed E-state index contributed by atoms with van der Waals surface area (Å²) in [6.45, 7) is 7.50. The monoisotopic (exact) mass is 348 g/mol. The van der Waals surface area contributed by atoms with Crippen LogP contribution in [0, 0.1) is 34.5 Å². The van der Waals surface area contributed by atoms with Gasteiger partial charge < -0.3 is 20.4 Å². The van der Waals surface area contributed by atoms with E-state index in [4.69, 9.17) is 0 Å². The van der Waals surface area contributed by atoms with Crippen LogP contribution in [0.5, 0.6) is 0 Å². The van der Waals surface area contributed by atoms with E-state index >= 15 is 0 Å². The molecule has 4 N–H and O–H groups in total. The highest BCUT2D eigenvalue weighted by atomic mass is 16.4. The second kappa shape index (κ2) is 4.83. The summed E-state index contributed by atoms with van der Waals surface area (Å²) < 4.78 is 0. The van der Waals surface area contributed by atoms with Gasteiger partial charge in [0.2, 0.25) is 0 Å². The Hall–Kier alpha value is -1.01. The summed E-state index contributed by atoms with van der Waals surface area (Å²) in [7, 11) is 0. The van der Waals surface area contributed by atoms with Gasteiger partial charge in [-0.2, -0.15) is 0 Å². The van der Waals surface area contributed by atoms with Crippen molar-refractivity contribution in [3.05, 3.63) is 23.3 Å². The molecule has 0 heterocycles. The highest BCUT2D eigenvalue weighted by Gasteiger charge is 2.75. The lowest BCUT2D eigenvalue weighted by Gasteiger charge is -2.48. The molecule has 5 nitrogen and oxygen atoms in total. The van der Waals surface area contributed by atoms with Gasteiger partial charge in [0.1, 0.15) is 17.8 Å². The first-order valence-electron chi connectivity index (χ1n) is 9.18. The molecule has 0 aromatic rings. The van der Waals surface area contributed by atoms with E-state index in [1.54, 1.807) is 19.1 Å². The molecule has 2 bridgehead atoms. The molecule has 1 spiro atoms. The molecule has 5 heteroatoms. The van der Waals surface area contributed by atoms with Gasteiger partial charge in [0, 0.05) is 5.92 Å². The maximum atomic E-state index is 13.7. The lowest BCUT2D eigenvalue weighted by Crippen LogP contribution is -2.65. The van der Waals surface area contributed by atoms with Crippen molar-refractivity contribution >= 4 is 5.78 Å². The van der Waals surface area contributed by atoms with Crippen molar-refractivity contribution in [3.63, 3.8) is 0 Å². The van der Waals surface area contributed by atoms with Gasteiger partial charge in [-0.25, -0.2) is 0 Å². The molecular weight excluding hydrogens is 320 g/mol. The van der Waals surface area contributed by atoms with Crippen LogP contribution in [-0.2, 0) is 4.79 Å². The number of hydrogen-bond donors (Lipinski definition) is 4. The summed E-state index contributed by atoms with van der Waals surface area (Å²) in [5.41, 5.74) is -2.58. The predicted molar refractivity (Wildman–Crippen MR) is 91.4 cm³/mol. The second-order valence-electron chi connectivity index (χ2n) is 9.27. The Labute approximate surface area is 148 Å². The van der Waals surface area contributed by atoms with Crippen LogP contribution < -0.4 is 0 Å². The van der Waals surface area contributed by atoms with Crippen LogP contribution in [0.2, 0.25) is 0 Å². The molecule has 0 aromatic carbocycles. The maximum Gasteiger partial charge on any atom is 0.153 e. The fraction of sp³-hybridized carbons (Fsp3) is 0.750. The molecule has 25 heavy (non-hydrogen) atoms. The third kappa shape index (κ3) is 1.71. The van der Waals surface area contributed by atoms with Gasteiger partial charge in [0.15, 0.2) is 5.78 Å². The van der Waals surface area contributed by atoms with Gasteiger partial charge in [-0.15, -0.1) is 0 Å². The van der Waals surface area contributed by atoms with E-state index < -0.39 is 35.7 Å². The molecule has 0 amide bonds. The summed E-state index contributed by atoms with van der Waals surface area (Å²) in [4.78, 5) is 13.7. The molecule has 4 rings (SSSR count). The van der Waals surface area contributed by atoms with Gasteiger partial charge in [0.25, 0.3) is 0 Å². The first kappa shape index (κ1) is 17.4. The molecular formula is C20H28O5. The van der Waals surface area contributed by atoms with Gasteiger partial charge in [-0.1, -0.05) is 32.9 Å². The van der Waals surface area contributed by atoms with Crippen molar-refractivity contribution in [2.45, 2.75) is 51.9 Å². The Morgan fingerprint density at radius 2 is 1.88 bits per heavy atom. The van der Waals surface area contributed by atoms with Gasteiger partial charge >= 0.3 is 0 Å². The Morgan fingerprint density at radius 1 is 1.24 bits per heavy atom. The number of Topliss-reactive ketones (excluding diaryl/α,β-unsaturated/α-hetero) is 1. The summed E-state index contributed by atoms with van der Waals surface area (Å²) >= 11 is 0. The smallest absolute Gasteiger partial charge is 0.153 e. The lowest BCUT2D eigenvalue weighted by molar-refractivity contribution is -0.190. The molecule has 4 aliphatic carbocycles. The molecule has 0 aliphatic heterocycles. The van der Waals surface area contributed by atoms with Gasteiger partial charge in [-0.05, 0) is 47.7 Å². The Morgan fingerprint density at radius 3 is 2.48 bits per heavy atom. The number of carbonyl (C=O) groups is 1.